The maximum Gasteiger partial charge on any atom is 0.228 e. The van der Waals surface area contributed by atoms with E-state index in [1.54, 1.807) is 24.3 Å². The molecule has 2 aromatic carbocycles. The van der Waals surface area contributed by atoms with Crippen molar-refractivity contribution in [3.05, 3.63) is 65.7 Å². The van der Waals surface area contributed by atoms with Crippen LogP contribution in [-0.4, -0.2) is 33.3 Å². The van der Waals surface area contributed by atoms with Gasteiger partial charge >= 0.3 is 0 Å². The quantitative estimate of drug-likeness (QED) is 0.882. The summed E-state index contributed by atoms with van der Waals surface area (Å²) in [5.74, 6) is -0.555. The van der Waals surface area contributed by atoms with Gasteiger partial charge in [-0.05, 0) is 36.5 Å². The van der Waals surface area contributed by atoms with E-state index in [1.807, 2.05) is 30.3 Å². The average molecular weight is 385 g/mol. The van der Waals surface area contributed by atoms with Crippen molar-refractivity contribution in [1.82, 2.24) is 5.32 Å². The lowest BCUT2D eigenvalue weighted by Gasteiger charge is -2.40. The molecule has 1 N–H and O–H groups in total. The Morgan fingerprint density at radius 1 is 1.00 bits per heavy atom. The first-order chi connectivity index (χ1) is 13.0. The smallest absolute Gasteiger partial charge is 0.228 e. The molecule has 0 aliphatic carbocycles. The maximum absolute atomic E-state index is 13.3. The van der Waals surface area contributed by atoms with Crippen LogP contribution in [0, 0.1) is 0 Å². The first-order valence-electron chi connectivity index (χ1n) is 9.29. The van der Waals surface area contributed by atoms with Crippen molar-refractivity contribution in [3.8, 4) is 0 Å². The molecule has 2 aromatic rings. The molecule has 1 fully saturated rings. The van der Waals surface area contributed by atoms with Crippen LogP contribution < -0.4 is 5.32 Å². The van der Waals surface area contributed by atoms with Gasteiger partial charge in [-0.3, -0.25) is 4.79 Å². The topological polar surface area (TPSA) is 72.5 Å². The summed E-state index contributed by atoms with van der Waals surface area (Å²) in [6.07, 6.45) is 1.72. The standard InChI is InChI=1S/C21H23NO4S/c23-20(18-10-15-27(24,25)19-9-5-4-8-17(18)19)22-21(11-13-26-14-12-21)16-6-2-1-3-7-16/h1-9,18H,10-15H2,(H,22,23). The number of sulfone groups is 1. The van der Waals surface area contributed by atoms with Gasteiger partial charge in [-0.1, -0.05) is 48.5 Å². The van der Waals surface area contributed by atoms with E-state index in [2.05, 4.69) is 5.32 Å². The van der Waals surface area contributed by atoms with Crippen molar-refractivity contribution in [2.75, 3.05) is 19.0 Å². The fourth-order valence-corrected chi connectivity index (χ4v) is 5.77. The number of hydrogen-bond acceptors (Lipinski definition) is 4. The van der Waals surface area contributed by atoms with Crippen LogP contribution in [0.2, 0.25) is 0 Å². The van der Waals surface area contributed by atoms with E-state index in [9.17, 15) is 13.2 Å². The largest absolute Gasteiger partial charge is 0.381 e. The number of benzene rings is 2. The Morgan fingerprint density at radius 3 is 2.41 bits per heavy atom. The fourth-order valence-electron chi connectivity index (χ4n) is 4.15. The summed E-state index contributed by atoms with van der Waals surface area (Å²) in [4.78, 5) is 13.6. The average Bonchev–Trinajstić information content (AvgIpc) is 2.69. The van der Waals surface area contributed by atoms with Crippen LogP contribution >= 0.6 is 0 Å². The van der Waals surface area contributed by atoms with Crippen LogP contribution in [0.5, 0.6) is 0 Å². The highest BCUT2D eigenvalue weighted by atomic mass is 32.2. The van der Waals surface area contributed by atoms with Gasteiger partial charge in [-0.2, -0.15) is 0 Å². The number of amides is 1. The summed E-state index contributed by atoms with van der Waals surface area (Å²) in [5, 5.41) is 3.27. The van der Waals surface area contributed by atoms with E-state index >= 15 is 0 Å². The Morgan fingerprint density at radius 2 is 1.67 bits per heavy atom. The molecule has 1 atom stereocenters. The number of carbonyl (C=O) groups excluding carboxylic acids is 1. The summed E-state index contributed by atoms with van der Waals surface area (Å²) >= 11 is 0. The third kappa shape index (κ3) is 3.39. The molecule has 0 saturated carbocycles. The number of ether oxygens (including phenoxy) is 1. The molecular weight excluding hydrogens is 362 g/mol. The lowest BCUT2D eigenvalue weighted by atomic mass is 9.81. The Kier molecular flexibility index (Phi) is 4.78. The molecule has 6 heteroatoms. The highest BCUT2D eigenvalue weighted by Gasteiger charge is 2.40. The van der Waals surface area contributed by atoms with Crippen molar-refractivity contribution in [3.63, 3.8) is 0 Å². The Labute approximate surface area is 159 Å². The minimum Gasteiger partial charge on any atom is -0.381 e. The van der Waals surface area contributed by atoms with Crippen LogP contribution in [0.1, 0.15) is 36.3 Å². The van der Waals surface area contributed by atoms with Crippen molar-refractivity contribution < 1.29 is 17.9 Å². The van der Waals surface area contributed by atoms with E-state index in [0.717, 1.165) is 5.56 Å². The van der Waals surface area contributed by atoms with E-state index in [-0.39, 0.29) is 16.6 Å². The van der Waals surface area contributed by atoms with E-state index < -0.39 is 21.3 Å². The molecule has 142 valence electrons. The van der Waals surface area contributed by atoms with Gasteiger partial charge in [-0.25, -0.2) is 8.42 Å². The van der Waals surface area contributed by atoms with Crippen LogP contribution in [-0.2, 0) is 24.9 Å². The van der Waals surface area contributed by atoms with Crippen LogP contribution in [0.15, 0.2) is 59.5 Å². The van der Waals surface area contributed by atoms with E-state index in [1.165, 1.54) is 0 Å². The first kappa shape index (κ1) is 18.2. The number of rotatable bonds is 3. The van der Waals surface area contributed by atoms with Gasteiger partial charge < -0.3 is 10.1 Å². The molecule has 0 aromatic heterocycles. The molecule has 0 radical (unpaired) electrons. The van der Waals surface area contributed by atoms with E-state index in [4.69, 9.17) is 4.74 Å². The summed E-state index contributed by atoms with van der Waals surface area (Å²) < 4.78 is 30.3. The van der Waals surface area contributed by atoms with Gasteiger partial charge in [0.15, 0.2) is 9.84 Å². The van der Waals surface area contributed by atoms with Crippen molar-refractivity contribution in [1.29, 1.82) is 0 Å². The first-order valence-corrected chi connectivity index (χ1v) is 10.9. The minimum atomic E-state index is -3.31. The fraction of sp³-hybridized carbons (Fsp3) is 0.381. The highest BCUT2D eigenvalue weighted by Crippen LogP contribution is 2.37. The van der Waals surface area contributed by atoms with Gasteiger partial charge in [0.1, 0.15) is 0 Å². The molecule has 0 bridgehead atoms. The molecule has 1 unspecified atom stereocenters. The molecule has 2 aliphatic rings. The molecule has 0 spiro atoms. The number of carbonyl (C=O) groups is 1. The second kappa shape index (κ2) is 7.09. The van der Waals surface area contributed by atoms with Crippen LogP contribution in [0.4, 0.5) is 0 Å². The maximum atomic E-state index is 13.3. The third-order valence-corrected chi connectivity index (χ3v) is 7.47. The molecule has 1 saturated heterocycles. The zero-order valence-corrected chi connectivity index (χ0v) is 15.9. The Hall–Kier alpha value is -2.18. The second-order valence-electron chi connectivity index (χ2n) is 7.25. The highest BCUT2D eigenvalue weighted by molar-refractivity contribution is 7.91. The lowest BCUT2D eigenvalue weighted by Crippen LogP contribution is -2.51. The normalized spacial score (nSPS) is 23.2. The lowest BCUT2D eigenvalue weighted by molar-refractivity contribution is -0.126. The number of hydrogen-bond donors (Lipinski definition) is 1. The molecular formula is C21H23NO4S. The number of fused-ring (bicyclic) bond motifs is 1. The second-order valence-corrected chi connectivity index (χ2v) is 9.33. The van der Waals surface area contributed by atoms with Crippen LogP contribution in [0.25, 0.3) is 0 Å². The van der Waals surface area contributed by atoms with Gasteiger partial charge in [0.25, 0.3) is 0 Å². The SMILES string of the molecule is O=C(NC1(c2ccccc2)CCOCC1)C1CCS(=O)(=O)c2ccccc21. The summed E-state index contributed by atoms with van der Waals surface area (Å²) in [5.41, 5.74) is 1.21. The zero-order chi connectivity index (χ0) is 18.9. The Bertz CT molecular complexity index is 934. The van der Waals surface area contributed by atoms with Crippen molar-refractivity contribution >= 4 is 15.7 Å². The summed E-state index contributed by atoms with van der Waals surface area (Å²) in [6.45, 7) is 1.18. The molecule has 27 heavy (non-hydrogen) atoms. The molecule has 5 nitrogen and oxygen atoms in total. The minimum absolute atomic E-state index is 0.00352. The van der Waals surface area contributed by atoms with Gasteiger partial charge in [0.05, 0.1) is 22.1 Å². The summed E-state index contributed by atoms with van der Waals surface area (Å²) in [6, 6.07) is 16.8. The molecule has 2 heterocycles. The van der Waals surface area contributed by atoms with Crippen LogP contribution in [0.3, 0.4) is 0 Å². The number of nitrogens with one attached hydrogen (secondary N) is 1. The molecule has 2 aliphatic heterocycles. The van der Waals surface area contributed by atoms with Gasteiger partial charge in [0.2, 0.25) is 5.91 Å². The predicted octanol–water partition coefficient (Wildman–Crippen LogP) is 2.77. The van der Waals surface area contributed by atoms with E-state index in [0.29, 0.717) is 38.0 Å². The van der Waals surface area contributed by atoms with Crippen molar-refractivity contribution in [2.24, 2.45) is 0 Å². The zero-order valence-electron chi connectivity index (χ0n) is 15.1. The Balaban J connectivity index is 1.66. The third-order valence-electron chi connectivity index (χ3n) is 5.66. The van der Waals surface area contributed by atoms with Crippen molar-refractivity contribution in [2.45, 2.75) is 35.6 Å². The predicted molar refractivity (Wildman–Crippen MR) is 102 cm³/mol. The molecule has 1 amide bonds. The molecule has 4 rings (SSSR count). The summed E-state index contributed by atoms with van der Waals surface area (Å²) in [7, 11) is -3.31. The monoisotopic (exact) mass is 385 g/mol. The van der Waals surface area contributed by atoms with Gasteiger partial charge in [-0.15, -0.1) is 0 Å². The van der Waals surface area contributed by atoms with Gasteiger partial charge in [0, 0.05) is 13.2 Å².